The summed E-state index contributed by atoms with van der Waals surface area (Å²) in [5, 5.41) is 0. The van der Waals surface area contributed by atoms with Gasteiger partial charge in [-0.1, -0.05) is 13.8 Å². The maximum atomic E-state index is 12.0. The molecule has 1 unspecified atom stereocenters. The monoisotopic (exact) mass is 247 g/mol. The summed E-state index contributed by atoms with van der Waals surface area (Å²) < 4.78 is 5.16. The van der Waals surface area contributed by atoms with E-state index in [-0.39, 0.29) is 11.9 Å². The van der Waals surface area contributed by atoms with Gasteiger partial charge in [-0.25, -0.2) is 0 Å². The van der Waals surface area contributed by atoms with E-state index in [0.29, 0.717) is 13.2 Å². The first-order valence-electron chi connectivity index (χ1n) is 5.91. The number of thioether (sulfide) groups is 1. The molecule has 1 atom stereocenters. The first-order valence-corrected chi connectivity index (χ1v) is 7.30. The molecule has 2 N–H and O–H groups in total. The van der Waals surface area contributed by atoms with E-state index in [1.54, 1.807) is 11.8 Å². The second kappa shape index (κ2) is 7.96. The van der Waals surface area contributed by atoms with Gasteiger partial charge in [0.25, 0.3) is 0 Å². The highest BCUT2D eigenvalue weighted by Crippen LogP contribution is 2.33. The fourth-order valence-corrected chi connectivity index (χ4v) is 2.29. The van der Waals surface area contributed by atoms with Crippen molar-refractivity contribution in [1.29, 1.82) is 0 Å². The zero-order chi connectivity index (χ0) is 12.6. The van der Waals surface area contributed by atoms with Crippen molar-refractivity contribution in [2.75, 3.05) is 25.2 Å². The van der Waals surface area contributed by atoms with Gasteiger partial charge in [-0.2, -0.15) is 11.8 Å². The molecule has 0 rings (SSSR count). The van der Waals surface area contributed by atoms with Crippen LogP contribution in [0, 0.1) is 11.3 Å². The van der Waals surface area contributed by atoms with Crippen molar-refractivity contribution in [3.63, 3.8) is 0 Å². The summed E-state index contributed by atoms with van der Waals surface area (Å²) >= 11 is 1.80. The van der Waals surface area contributed by atoms with E-state index >= 15 is 0 Å². The molecule has 0 aromatic rings. The van der Waals surface area contributed by atoms with Crippen molar-refractivity contribution in [2.24, 2.45) is 17.1 Å². The van der Waals surface area contributed by atoms with E-state index in [0.717, 1.165) is 18.6 Å². The molecule has 0 spiro atoms. The minimum Gasteiger partial charge on any atom is -0.466 e. The molecule has 0 heterocycles. The predicted molar refractivity (Wildman–Crippen MR) is 70.6 cm³/mol. The lowest BCUT2D eigenvalue weighted by molar-refractivity contribution is -0.158. The van der Waals surface area contributed by atoms with E-state index in [2.05, 4.69) is 6.26 Å². The summed E-state index contributed by atoms with van der Waals surface area (Å²) in [5.74, 6) is 1.15. The predicted octanol–water partition coefficient (Wildman–Crippen LogP) is 2.29. The lowest BCUT2D eigenvalue weighted by atomic mass is 9.74. The highest BCUT2D eigenvalue weighted by atomic mass is 32.2. The van der Waals surface area contributed by atoms with Crippen LogP contribution in [0.25, 0.3) is 0 Å². The third-order valence-electron chi connectivity index (χ3n) is 3.12. The summed E-state index contributed by atoms with van der Waals surface area (Å²) in [7, 11) is 0. The molecule has 0 saturated carbocycles. The minimum atomic E-state index is -0.494. The second-order valence-electron chi connectivity index (χ2n) is 4.33. The molecular formula is C12H25NO2S. The number of hydrogen-bond donors (Lipinski definition) is 1. The molecule has 0 aromatic carbocycles. The molecular weight excluding hydrogens is 222 g/mol. The fourth-order valence-electron chi connectivity index (χ4n) is 1.85. The Labute approximate surface area is 103 Å². The Morgan fingerprint density at radius 2 is 2.12 bits per heavy atom. The molecule has 0 fully saturated rings. The summed E-state index contributed by atoms with van der Waals surface area (Å²) in [4.78, 5) is 12.0. The first-order chi connectivity index (χ1) is 7.55. The number of hydrogen-bond acceptors (Lipinski definition) is 4. The summed E-state index contributed by atoms with van der Waals surface area (Å²) in [6.45, 7) is 6.72. The molecule has 0 radical (unpaired) electrons. The van der Waals surface area contributed by atoms with Crippen LogP contribution >= 0.6 is 11.8 Å². The average molecular weight is 247 g/mol. The van der Waals surface area contributed by atoms with E-state index in [1.165, 1.54) is 0 Å². The molecule has 0 aliphatic carbocycles. The first kappa shape index (κ1) is 15.8. The van der Waals surface area contributed by atoms with Gasteiger partial charge in [0.05, 0.1) is 12.0 Å². The summed E-state index contributed by atoms with van der Waals surface area (Å²) in [5.41, 5.74) is 5.32. The number of nitrogens with two attached hydrogens (primary N) is 1. The lowest BCUT2D eigenvalue weighted by Crippen LogP contribution is -2.44. The van der Waals surface area contributed by atoms with Gasteiger partial charge < -0.3 is 10.5 Å². The van der Waals surface area contributed by atoms with Crippen molar-refractivity contribution in [2.45, 2.75) is 33.6 Å². The van der Waals surface area contributed by atoms with Crippen LogP contribution in [0.4, 0.5) is 0 Å². The van der Waals surface area contributed by atoms with E-state index in [1.807, 2.05) is 20.8 Å². The van der Waals surface area contributed by atoms with Crippen LogP contribution in [0.2, 0.25) is 0 Å². The quantitative estimate of drug-likeness (QED) is 0.528. The normalized spacial score (nSPS) is 14.9. The van der Waals surface area contributed by atoms with Gasteiger partial charge in [0, 0.05) is 6.54 Å². The fraction of sp³-hybridized carbons (Fsp3) is 0.917. The summed E-state index contributed by atoms with van der Waals surface area (Å²) in [6, 6.07) is 0. The van der Waals surface area contributed by atoms with Crippen LogP contribution in [0.1, 0.15) is 33.6 Å². The van der Waals surface area contributed by atoms with Crippen molar-refractivity contribution in [3.05, 3.63) is 0 Å². The van der Waals surface area contributed by atoms with Gasteiger partial charge in [0.2, 0.25) is 0 Å². The number of carbonyl (C=O) groups excluding carboxylic acids is 1. The van der Waals surface area contributed by atoms with Crippen molar-refractivity contribution in [1.82, 2.24) is 0 Å². The van der Waals surface area contributed by atoms with E-state index < -0.39 is 5.41 Å². The van der Waals surface area contributed by atoms with Crippen LogP contribution in [0.5, 0.6) is 0 Å². The highest BCUT2D eigenvalue weighted by Gasteiger charge is 2.41. The number of esters is 1. The smallest absolute Gasteiger partial charge is 0.313 e. The number of carbonyl (C=O) groups is 1. The Balaban J connectivity index is 4.64. The van der Waals surface area contributed by atoms with Crippen LogP contribution in [0.15, 0.2) is 0 Å². The molecule has 0 aliphatic heterocycles. The molecule has 4 heteroatoms. The largest absolute Gasteiger partial charge is 0.466 e. The topological polar surface area (TPSA) is 52.3 Å². The lowest BCUT2D eigenvalue weighted by Gasteiger charge is -2.33. The molecule has 0 amide bonds. The zero-order valence-corrected chi connectivity index (χ0v) is 11.7. The molecule has 3 nitrogen and oxygen atoms in total. The molecule has 0 saturated heterocycles. The average Bonchev–Trinajstić information content (AvgIpc) is 2.24. The van der Waals surface area contributed by atoms with Gasteiger partial charge in [0.15, 0.2) is 0 Å². The Hall–Kier alpha value is -0.220. The van der Waals surface area contributed by atoms with Crippen LogP contribution in [-0.4, -0.2) is 31.1 Å². The Morgan fingerprint density at radius 1 is 1.50 bits per heavy atom. The van der Waals surface area contributed by atoms with Gasteiger partial charge in [-0.15, -0.1) is 0 Å². The van der Waals surface area contributed by atoms with Crippen molar-refractivity contribution < 1.29 is 9.53 Å². The minimum absolute atomic E-state index is 0.131. The summed E-state index contributed by atoms with van der Waals surface area (Å²) in [6.07, 6.45) is 3.90. The van der Waals surface area contributed by atoms with Gasteiger partial charge >= 0.3 is 5.97 Å². The standard InChI is InChI=1S/C12H25NO2S/c1-5-15-11(14)12(9-13,10(2)3)7-6-8-16-4/h10H,5-9,13H2,1-4H3. The Kier molecular flexibility index (Phi) is 7.85. The molecule has 16 heavy (non-hydrogen) atoms. The van der Waals surface area contributed by atoms with Gasteiger partial charge in [-0.3, -0.25) is 4.79 Å². The molecule has 96 valence electrons. The molecule has 0 bridgehead atoms. The number of rotatable bonds is 8. The van der Waals surface area contributed by atoms with E-state index in [4.69, 9.17) is 10.5 Å². The Morgan fingerprint density at radius 3 is 2.50 bits per heavy atom. The number of ether oxygens (including phenoxy) is 1. The van der Waals surface area contributed by atoms with Crippen LogP contribution < -0.4 is 5.73 Å². The zero-order valence-electron chi connectivity index (χ0n) is 10.9. The van der Waals surface area contributed by atoms with Gasteiger partial charge in [0.1, 0.15) is 0 Å². The third-order valence-corrected chi connectivity index (χ3v) is 3.82. The molecule has 0 aromatic heterocycles. The van der Waals surface area contributed by atoms with Crippen molar-refractivity contribution >= 4 is 17.7 Å². The Bertz CT molecular complexity index is 209. The van der Waals surface area contributed by atoms with Crippen LogP contribution in [0.3, 0.4) is 0 Å². The maximum absolute atomic E-state index is 12.0. The van der Waals surface area contributed by atoms with Crippen molar-refractivity contribution in [3.8, 4) is 0 Å². The third kappa shape index (κ3) is 3.98. The highest BCUT2D eigenvalue weighted by molar-refractivity contribution is 7.98. The van der Waals surface area contributed by atoms with E-state index in [9.17, 15) is 4.79 Å². The molecule has 0 aliphatic rings. The maximum Gasteiger partial charge on any atom is 0.313 e. The van der Waals surface area contributed by atoms with Crippen LogP contribution in [-0.2, 0) is 9.53 Å². The second-order valence-corrected chi connectivity index (χ2v) is 5.32. The van der Waals surface area contributed by atoms with Gasteiger partial charge in [-0.05, 0) is 37.7 Å². The SMILES string of the molecule is CCOC(=O)C(CN)(CCCSC)C(C)C.